The number of fused-ring (bicyclic) bond motifs is 1. The Morgan fingerprint density at radius 2 is 1.68 bits per heavy atom. The van der Waals surface area contributed by atoms with Crippen molar-refractivity contribution < 1.29 is 28.3 Å². The highest BCUT2D eigenvalue weighted by Gasteiger charge is 2.35. The molecule has 1 atom stereocenters. The van der Waals surface area contributed by atoms with Crippen LogP contribution in [0.25, 0.3) is 0 Å². The van der Waals surface area contributed by atoms with Gasteiger partial charge in [0.15, 0.2) is 6.10 Å². The number of esters is 1. The largest absolute Gasteiger partial charge is 0.451 e. The highest BCUT2D eigenvalue weighted by atomic mass is 19.1. The van der Waals surface area contributed by atoms with Crippen molar-refractivity contribution in [1.29, 1.82) is 0 Å². The number of carbonyl (C=O) groups excluding carboxylic acids is 4. The van der Waals surface area contributed by atoms with E-state index in [-0.39, 0.29) is 28.8 Å². The van der Waals surface area contributed by atoms with Gasteiger partial charge in [-0.15, -0.1) is 6.58 Å². The Balaban J connectivity index is 1.76. The van der Waals surface area contributed by atoms with Gasteiger partial charge in [-0.3, -0.25) is 19.3 Å². The van der Waals surface area contributed by atoms with Gasteiger partial charge in [0, 0.05) is 12.1 Å². The van der Waals surface area contributed by atoms with Crippen LogP contribution in [0.4, 0.5) is 4.39 Å². The first kappa shape index (κ1) is 19.2. The molecule has 2 aromatic rings. The number of imide groups is 1. The first-order valence-electron chi connectivity index (χ1n) is 8.45. The van der Waals surface area contributed by atoms with Crippen molar-refractivity contribution in [3.05, 3.63) is 83.2 Å². The number of ether oxygens (including phenoxy) is 1. The number of hydrogen-bond acceptors (Lipinski definition) is 5. The molecule has 6 nitrogen and oxygen atoms in total. The Morgan fingerprint density at radius 3 is 2.32 bits per heavy atom. The van der Waals surface area contributed by atoms with Gasteiger partial charge in [-0.25, -0.2) is 9.18 Å². The standard InChI is InChI=1S/C21H16FNO5/c1-3-10-23-19(25)16-9-6-14(11-17(16)20(23)26)21(27)28-12(2)18(24)13-4-7-15(22)8-5-13/h3-9,11-12H,1,10H2,2H3/t12-/m1/s1. The van der Waals surface area contributed by atoms with E-state index in [0.29, 0.717) is 0 Å². The van der Waals surface area contributed by atoms with Gasteiger partial charge in [-0.1, -0.05) is 6.08 Å². The molecule has 28 heavy (non-hydrogen) atoms. The fourth-order valence-electron chi connectivity index (χ4n) is 2.84. The molecule has 0 spiro atoms. The van der Waals surface area contributed by atoms with Gasteiger partial charge < -0.3 is 4.74 Å². The molecule has 0 saturated heterocycles. The normalized spacial score (nSPS) is 13.9. The highest BCUT2D eigenvalue weighted by Crippen LogP contribution is 2.24. The van der Waals surface area contributed by atoms with Crippen LogP contribution in [0.2, 0.25) is 0 Å². The van der Waals surface area contributed by atoms with Gasteiger partial charge in [0.1, 0.15) is 5.82 Å². The average Bonchev–Trinajstić information content (AvgIpc) is 2.92. The van der Waals surface area contributed by atoms with E-state index >= 15 is 0 Å². The minimum absolute atomic E-state index is 0.0408. The summed E-state index contributed by atoms with van der Waals surface area (Å²) in [5.74, 6) is -2.76. The van der Waals surface area contributed by atoms with Crippen LogP contribution in [0.15, 0.2) is 55.1 Å². The van der Waals surface area contributed by atoms with Gasteiger partial charge in [-0.05, 0) is 49.4 Å². The summed E-state index contributed by atoms with van der Waals surface area (Å²) < 4.78 is 18.1. The summed E-state index contributed by atoms with van der Waals surface area (Å²) in [5.41, 5.74) is 0.535. The van der Waals surface area contributed by atoms with Crippen molar-refractivity contribution in [3.63, 3.8) is 0 Å². The number of carbonyl (C=O) groups is 4. The minimum atomic E-state index is -1.11. The third-order valence-electron chi connectivity index (χ3n) is 4.30. The first-order valence-corrected chi connectivity index (χ1v) is 8.45. The van der Waals surface area contributed by atoms with E-state index in [1.807, 2.05) is 0 Å². The second-order valence-corrected chi connectivity index (χ2v) is 6.19. The van der Waals surface area contributed by atoms with Gasteiger partial charge in [0.05, 0.1) is 16.7 Å². The number of ketones is 1. The van der Waals surface area contributed by atoms with E-state index < -0.39 is 35.5 Å². The number of hydrogen-bond donors (Lipinski definition) is 0. The predicted octanol–water partition coefficient (Wildman–Crippen LogP) is 3.04. The molecule has 3 rings (SSSR count). The molecule has 0 N–H and O–H groups in total. The van der Waals surface area contributed by atoms with E-state index in [4.69, 9.17) is 4.74 Å². The van der Waals surface area contributed by atoms with E-state index in [2.05, 4.69) is 6.58 Å². The number of rotatable bonds is 6. The molecular weight excluding hydrogens is 365 g/mol. The lowest BCUT2D eigenvalue weighted by Crippen LogP contribution is -2.29. The Kier molecular flexibility index (Phi) is 5.17. The van der Waals surface area contributed by atoms with E-state index in [0.717, 1.165) is 17.0 Å². The number of halogens is 1. The van der Waals surface area contributed by atoms with Crippen LogP contribution in [0.5, 0.6) is 0 Å². The predicted molar refractivity (Wildman–Crippen MR) is 97.6 cm³/mol. The van der Waals surface area contributed by atoms with Crippen molar-refractivity contribution in [2.24, 2.45) is 0 Å². The second kappa shape index (κ2) is 7.56. The molecule has 1 heterocycles. The zero-order valence-electron chi connectivity index (χ0n) is 15.0. The molecular formula is C21H16FNO5. The lowest BCUT2D eigenvalue weighted by atomic mass is 10.1. The number of nitrogens with zero attached hydrogens (tertiary/aromatic N) is 1. The minimum Gasteiger partial charge on any atom is -0.451 e. The maximum atomic E-state index is 13.0. The maximum Gasteiger partial charge on any atom is 0.338 e. The average molecular weight is 381 g/mol. The zero-order valence-corrected chi connectivity index (χ0v) is 15.0. The summed E-state index contributed by atoms with van der Waals surface area (Å²) in [7, 11) is 0. The lowest BCUT2D eigenvalue weighted by molar-refractivity contribution is 0.0318. The topological polar surface area (TPSA) is 80.8 Å². The number of Topliss-reactive ketones (excluding diaryl/α,β-unsaturated/α-hetero) is 1. The maximum absolute atomic E-state index is 13.0. The van der Waals surface area contributed by atoms with Crippen LogP contribution >= 0.6 is 0 Å². The fraction of sp³-hybridized carbons (Fsp3) is 0.143. The molecule has 0 bridgehead atoms. The molecule has 0 unspecified atom stereocenters. The van der Waals surface area contributed by atoms with Gasteiger partial charge in [-0.2, -0.15) is 0 Å². The van der Waals surface area contributed by atoms with Crippen LogP contribution in [0, 0.1) is 5.82 Å². The van der Waals surface area contributed by atoms with E-state index in [9.17, 15) is 23.6 Å². The van der Waals surface area contributed by atoms with Gasteiger partial charge in [0.2, 0.25) is 5.78 Å². The molecule has 142 valence electrons. The summed E-state index contributed by atoms with van der Waals surface area (Å²) in [6.07, 6.45) is 0.320. The Labute approximate surface area is 160 Å². The smallest absolute Gasteiger partial charge is 0.338 e. The Bertz CT molecular complexity index is 996. The van der Waals surface area contributed by atoms with Crippen molar-refractivity contribution in [2.45, 2.75) is 13.0 Å². The first-order chi connectivity index (χ1) is 13.3. The summed E-state index contributed by atoms with van der Waals surface area (Å²) in [5, 5.41) is 0. The number of benzene rings is 2. The molecule has 1 aliphatic heterocycles. The van der Waals surface area contributed by atoms with Gasteiger partial charge >= 0.3 is 5.97 Å². The molecule has 2 aromatic carbocycles. The van der Waals surface area contributed by atoms with E-state index in [1.165, 1.54) is 43.3 Å². The van der Waals surface area contributed by atoms with Crippen molar-refractivity contribution in [1.82, 2.24) is 4.90 Å². The molecule has 2 amide bonds. The Morgan fingerprint density at radius 1 is 1.07 bits per heavy atom. The molecule has 0 radical (unpaired) electrons. The summed E-state index contributed by atoms with van der Waals surface area (Å²) in [4.78, 5) is 50.2. The molecule has 7 heteroatoms. The molecule has 0 saturated carbocycles. The second-order valence-electron chi connectivity index (χ2n) is 6.19. The van der Waals surface area contributed by atoms with E-state index in [1.54, 1.807) is 0 Å². The summed E-state index contributed by atoms with van der Waals surface area (Å²) >= 11 is 0. The fourth-order valence-corrected chi connectivity index (χ4v) is 2.84. The van der Waals surface area contributed by atoms with Crippen molar-refractivity contribution >= 4 is 23.6 Å². The molecule has 0 fully saturated rings. The third kappa shape index (κ3) is 3.46. The molecule has 0 aromatic heterocycles. The zero-order chi connectivity index (χ0) is 20.4. The van der Waals surface area contributed by atoms with Crippen LogP contribution in [-0.4, -0.2) is 41.1 Å². The van der Waals surface area contributed by atoms with Crippen molar-refractivity contribution in [3.8, 4) is 0 Å². The van der Waals surface area contributed by atoms with Crippen LogP contribution in [-0.2, 0) is 4.74 Å². The Hall–Kier alpha value is -3.61. The SMILES string of the molecule is C=CCN1C(=O)c2ccc(C(=O)O[C@H](C)C(=O)c3ccc(F)cc3)cc2C1=O. The highest BCUT2D eigenvalue weighted by molar-refractivity contribution is 6.22. The summed E-state index contributed by atoms with van der Waals surface area (Å²) in [6, 6.07) is 8.89. The van der Waals surface area contributed by atoms with Crippen LogP contribution < -0.4 is 0 Å². The van der Waals surface area contributed by atoms with Crippen molar-refractivity contribution in [2.75, 3.05) is 6.54 Å². The van der Waals surface area contributed by atoms with Crippen LogP contribution in [0.3, 0.4) is 0 Å². The quantitative estimate of drug-likeness (QED) is 0.333. The number of amides is 2. The monoisotopic (exact) mass is 381 g/mol. The molecule has 1 aliphatic rings. The van der Waals surface area contributed by atoms with Gasteiger partial charge in [0.25, 0.3) is 11.8 Å². The molecule has 0 aliphatic carbocycles. The van der Waals surface area contributed by atoms with Crippen LogP contribution in [0.1, 0.15) is 48.4 Å². The summed E-state index contributed by atoms with van der Waals surface area (Å²) in [6.45, 7) is 4.97. The third-order valence-corrected chi connectivity index (χ3v) is 4.30. The lowest BCUT2D eigenvalue weighted by Gasteiger charge is -2.12.